The lowest BCUT2D eigenvalue weighted by Gasteiger charge is -2.33. The monoisotopic (exact) mass is 352 g/mol. The highest BCUT2D eigenvalue weighted by Crippen LogP contribution is 2.26. The summed E-state index contributed by atoms with van der Waals surface area (Å²) < 4.78 is 0. The maximum absolute atomic E-state index is 12.4. The molecule has 1 atom stereocenters. The lowest BCUT2D eigenvalue weighted by molar-refractivity contribution is -0.132. The Morgan fingerprint density at radius 2 is 2.04 bits per heavy atom. The molecule has 3 heterocycles. The fourth-order valence-electron chi connectivity index (χ4n) is 3.64. The molecule has 1 saturated heterocycles. The van der Waals surface area contributed by atoms with E-state index in [2.05, 4.69) is 22.0 Å². The Labute approximate surface area is 156 Å². The van der Waals surface area contributed by atoms with Crippen LogP contribution in [0.25, 0.3) is 11.3 Å². The van der Waals surface area contributed by atoms with Gasteiger partial charge in [-0.3, -0.25) is 19.7 Å². The number of hydrogen-bond donors (Lipinski definition) is 0. The number of likely N-dealkylation sites (N-methyl/N-ethyl adjacent to an activating group) is 1. The third kappa shape index (κ3) is 4.47. The number of amides is 1. The Balaban J connectivity index is 1.63. The number of carbonyl (C=O) groups excluding carboxylic acids is 1. The molecule has 1 aliphatic rings. The topological polar surface area (TPSA) is 49.3 Å². The highest BCUT2D eigenvalue weighted by atomic mass is 16.2. The molecule has 0 aromatic carbocycles. The fraction of sp³-hybridized carbons (Fsp3) is 0.476. The van der Waals surface area contributed by atoms with Gasteiger partial charge in [0.1, 0.15) is 0 Å². The predicted octanol–water partition coefficient (Wildman–Crippen LogP) is 3.19. The van der Waals surface area contributed by atoms with E-state index in [4.69, 9.17) is 4.98 Å². The highest BCUT2D eigenvalue weighted by molar-refractivity contribution is 5.78. The van der Waals surface area contributed by atoms with Gasteiger partial charge in [0, 0.05) is 49.2 Å². The fourth-order valence-corrected chi connectivity index (χ4v) is 3.64. The zero-order valence-electron chi connectivity index (χ0n) is 15.8. The molecular weight excluding hydrogens is 324 g/mol. The minimum Gasteiger partial charge on any atom is -0.342 e. The van der Waals surface area contributed by atoms with Gasteiger partial charge >= 0.3 is 0 Å². The van der Waals surface area contributed by atoms with Gasteiger partial charge in [0.25, 0.3) is 0 Å². The van der Waals surface area contributed by atoms with Crippen molar-refractivity contribution < 1.29 is 4.79 Å². The Morgan fingerprint density at radius 3 is 2.69 bits per heavy atom. The summed E-state index contributed by atoms with van der Waals surface area (Å²) in [7, 11) is 0. The summed E-state index contributed by atoms with van der Waals surface area (Å²) >= 11 is 0. The number of nitrogens with zero attached hydrogens (tertiary/aromatic N) is 4. The summed E-state index contributed by atoms with van der Waals surface area (Å²) in [4.78, 5) is 25.6. The largest absolute Gasteiger partial charge is 0.342 e. The number of pyridine rings is 2. The molecule has 3 rings (SSSR count). The number of hydrogen-bond acceptors (Lipinski definition) is 4. The van der Waals surface area contributed by atoms with Gasteiger partial charge in [-0.1, -0.05) is 6.07 Å². The second kappa shape index (κ2) is 8.90. The van der Waals surface area contributed by atoms with E-state index in [9.17, 15) is 4.79 Å². The van der Waals surface area contributed by atoms with E-state index < -0.39 is 0 Å². The molecule has 0 saturated carbocycles. The molecule has 0 radical (unpaired) electrons. The molecule has 2 aromatic heterocycles. The van der Waals surface area contributed by atoms with Crippen LogP contribution in [0.4, 0.5) is 0 Å². The van der Waals surface area contributed by atoms with Crippen molar-refractivity contribution in [3.8, 4) is 11.3 Å². The zero-order chi connectivity index (χ0) is 18.4. The van der Waals surface area contributed by atoms with Gasteiger partial charge in [0.2, 0.25) is 5.91 Å². The molecule has 0 spiro atoms. The first-order chi connectivity index (χ1) is 12.7. The number of aromatic nitrogens is 2. The minimum atomic E-state index is 0.231. The summed E-state index contributed by atoms with van der Waals surface area (Å²) in [6, 6.07) is 10.1. The van der Waals surface area contributed by atoms with Gasteiger partial charge in [-0.15, -0.1) is 0 Å². The van der Waals surface area contributed by atoms with Crippen molar-refractivity contribution in [1.82, 2.24) is 19.8 Å². The molecule has 1 unspecified atom stereocenters. The van der Waals surface area contributed by atoms with Crippen molar-refractivity contribution >= 4 is 5.91 Å². The molecule has 5 nitrogen and oxygen atoms in total. The van der Waals surface area contributed by atoms with Gasteiger partial charge in [-0.05, 0) is 57.5 Å². The third-order valence-electron chi connectivity index (χ3n) is 5.15. The Bertz CT molecular complexity index is 698. The molecule has 2 aromatic rings. The SMILES string of the molecule is CCN(CC)C(=O)CN1CCCC(c2ccc(-c3ccccn3)cn2)C1. The van der Waals surface area contributed by atoms with E-state index in [0.29, 0.717) is 12.5 Å². The number of piperidine rings is 1. The normalized spacial score (nSPS) is 17.8. The Hall–Kier alpha value is -2.27. The zero-order valence-corrected chi connectivity index (χ0v) is 15.8. The molecule has 1 fully saturated rings. The predicted molar refractivity (Wildman–Crippen MR) is 104 cm³/mol. The van der Waals surface area contributed by atoms with E-state index in [-0.39, 0.29) is 5.91 Å². The number of likely N-dealkylation sites (tertiary alicyclic amines) is 1. The summed E-state index contributed by atoms with van der Waals surface area (Å²) in [6.07, 6.45) is 5.96. The number of rotatable bonds is 6. The van der Waals surface area contributed by atoms with Gasteiger partial charge in [0.05, 0.1) is 12.2 Å². The van der Waals surface area contributed by atoms with E-state index in [0.717, 1.165) is 56.0 Å². The summed E-state index contributed by atoms with van der Waals surface area (Å²) in [5.41, 5.74) is 3.10. The average Bonchev–Trinajstić information content (AvgIpc) is 2.70. The first kappa shape index (κ1) is 18.5. The second-order valence-corrected chi connectivity index (χ2v) is 6.83. The molecule has 138 valence electrons. The Kier molecular flexibility index (Phi) is 6.34. The Morgan fingerprint density at radius 1 is 1.19 bits per heavy atom. The molecule has 1 amide bonds. The standard InChI is InChI=1S/C21H28N4O/c1-3-25(4-2)21(26)16-24-13-7-8-18(15-24)20-11-10-17(14-23-20)19-9-5-6-12-22-19/h5-6,9-12,14,18H,3-4,7-8,13,15-16H2,1-2H3. The van der Waals surface area contributed by atoms with Gasteiger partial charge in [-0.25, -0.2) is 0 Å². The van der Waals surface area contributed by atoms with Crippen LogP contribution < -0.4 is 0 Å². The van der Waals surface area contributed by atoms with Crippen molar-refractivity contribution in [1.29, 1.82) is 0 Å². The van der Waals surface area contributed by atoms with Gasteiger partial charge in [0.15, 0.2) is 0 Å². The van der Waals surface area contributed by atoms with E-state index >= 15 is 0 Å². The quantitative estimate of drug-likeness (QED) is 0.801. The van der Waals surface area contributed by atoms with E-state index in [1.807, 2.05) is 43.1 Å². The maximum atomic E-state index is 12.4. The van der Waals surface area contributed by atoms with Crippen molar-refractivity contribution in [3.05, 3.63) is 48.4 Å². The molecule has 0 N–H and O–H groups in total. The first-order valence-corrected chi connectivity index (χ1v) is 9.58. The van der Waals surface area contributed by atoms with Crippen LogP contribution in [0.2, 0.25) is 0 Å². The molecule has 0 bridgehead atoms. The van der Waals surface area contributed by atoms with Crippen LogP contribution in [0.1, 0.15) is 38.3 Å². The van der Waals surface area contributed by atoms with Crippen LogP contribution in [0.5, 0.6) is 0 Å². The van der Waals surface area contributed by atoms with Crippen LogP contribution in [0.3, 0.4) is 0 Å². The van der Waals surface area contributed by atoms with Gasteiger partial charge < -0.3 is 4.90 Å². The average molecular weight is 352 g/mol. The lowest BCUT2D eigenvalue weighted by Crippen LogP contribution is -2.43. The van der Waals surface area contributed by atoms with Crippen molar-refractivity contribution in [3.63, 3.8) is 0 Å². The lowest BCUT2D eigenvalue weighted by atomic mass is 9.94. The first-order valence-electron chi connectivity index (χ1n) is 9.58. The van der Waals surface area contributed by atoms with Crippen LogP contribution >= 0.6 is 0 Å². The van der Waals surface area contributed by atoms with Crippen molar-refractivity contribution in [2.24, 2.45) is 0 Å². The van der Waals surface area contributed by atoms with Crippen LogP contribution in [-0.2, 0) is 4.79 Å². The van der Waals surface area contributed by atoms with Crippen LogP contribution in [0, 0.1) is 0 Å². The van der Waals surface area contributed by atoms with Crippen LogP contribution in [0.15, 0.2) is 42.7 Å². The van der Waals surface area contributed by atoms with Crippen molar-refractivity contribution in [2.75, 3.05) is 32.7 Å². The minimum absolute atomic E-state index is 0.231. The third-order valence-corrected chi connectivity index (χ3v) is 5.15. The molecule has 26 heavy (non-hydrogen) atoms. The summed E-state index contributed by atoms with van der Waals surface area (Å²) in [6.45, 7) is 8.05. The smallest absolute Gasteiger partial charge is 0.236 e. The molecule has 0 aliphatic carbocycles. The van der Waals surface area contributed by atoms with Crippen molar-refractivity contribution in [2.45, 2.75) is 32.6 Å². The molecule has 1 aliphatic heterocycles. The second-order valence-electron chi connectivity index (χ2n) is 6.83. The van der Waals surface area contributed by atoms with E-state index in [1.165, 1.54) is 0 Å². The molecular formula is C21H28N4O. The van der Waals surface area contributed by atoms with Crippen LogP contribution in [-0.4, -0.2) is 58.4 Å². The summed E-state index contributed by atoms with van der Waals surface area (Å²) in [5.74, 6) is 0.625. The molecule has 5 heteroatoms. The maximum Gasteiger partial charge on any atom is 0.236 e. The number of carbonyl (C=O) groups is 1. The summed E-state index contributed by atoms with van der Waals surface area (Å²) in [5, 5.41) is 0. The van der Waals surface area contributed by atoms with Gasteiger partial charge in [-0.2, -0.15) is 0 Å². The van der Waals surface area contributed by atoms with E-state index in [1.54, 1.807) is 6.20 Å². The highest BCUT2D eigenvalue weighted by Gasteiger charge is 2.24.